The molecule has 0 unspecified atom stereocenters. The largest absolute Gasteiger partial charge is 0.375 e. The SMILES string of the molecule is CN(C(N)=S)N(C)c1cccc(F)c1C#N. The number of hydrogen-bond acceptors (Lipinski definition) is 3. The molecule has 0 atom stereocenters. The first kappa shape index (κ1) is 12.2. The molecule has 0 aliphatic carbocycles. The van der Waals surface area contributed by atoms with Crippen LogP contribution in [0.25, 0.3) is 0 Å². The first-order valence-corrected chi connectivity index (χ1v) is 4.85. The van der Waals surface area contributed by atoms with Gasteiger partial charge in [0.15, 0.2) is 5.11 Å². The van der Waals surface area contributed by atoms with Gasteiger partial charge >= 0.3 is 0 Å². The van der Waals surface area contributed by atoms with Gasteiger partial charge in [-0.05, 0) is 24.4 Å². The lowest BCUT2D eigenvalue weighted by atomic mass is 10.2. The summed E-state index contributed by atoms with van der Waals surface area (Å²) in [5.74, 6) is -0.566. The van der Waals surface area contributed by atoms with Gasteiger partial charge in [0.1, 0.15) is 17.4 Å². The molecule has 1 rings (SSSR count). The van der Waals surface area contributed by atoms with Crippen LogP contribution in [0.5, 0.6) is 0 Å². The number of nitrogens with two attached hydrogens (primary N) is 1. The number of nitrogens with zero attached hydrogens (tertiary/aromatic N) is 3. The van der Waals surface area contributed by atoms with E-state index in [9.17, 15) is 4.39 Å². The molecule has 0 radical (unpaired) electrons. The first-order valence-electron chi connectivity index (χ1n) is 4.44. The van der Waals surface area contributed by atoms with Gasteiger partial charge in [0.2, 0.25) is 0 Å². The monoisotopic (exact) mass is 238 g/mol. The van der Waals surface area contributed by atoms with Crippen molar-refractivity contribution < 1.29 is 4.39 Å². The predicted octanol–water partition coefficient (Wildman–Crippen LogP) is 1.22. The lowest BCUT2D eigenvalue weighted by molar-refractivity contribution is 0.493. The van der Waals surface area contributed by atoms with E-state index in [0.717, 1.165) is 0 Å². The quantitative estimate of drug-likeness (QED) is 0.620. The summed E-state index contributed by atoms with van der Waals surface area (Å²) in [5.41, 5.74) is 5.82. The smallest absolute Gasteiger partial charge is 0.185 e. The summed E-state index contributed by atoms with van der Waals surface area (Å²) in [6, 6.07) is 6.19. The van der Waals surface area contributed by atoms with E-state index in [2.05, 4.69) is 0 Å². The van der Waals surface area contributed by atoms with Crippen molar-refractivity contribution in [1.29, 1.82) is 5.26 Å². The van der Waals surface area contributed by atoms with Crippen LogP contribution in [0.2, 0.25) is 0 Å². The maximum absolute atomic E-state index is 13.3. The van der Waals surface area contributed by atoms with E-state index in [-0.39, 0.29) is 10.7 Å². The number of hydrogen-bond donors (Lipinski definition) is 1. The number of thiocarbonyl (C=S) groups is 1. The summed E-state index contributed by atoms with van der Waals surface area (Å²) in [6.45, 7) is 0. The Morgan fingerprint density at radius 3 is 2.62 bits per heavy atom. The molecule has 1 aromatic rings. The highest BCUT2D eigenvalue weighted by atomic mass is 32.1. The lowest BCUT2D eigenvalue weighted by Gasteiger charge is -2.30. The van der Waals surface area contributed by atoms with Crippen LogP contribution < -0.4 is 10.7 Å². The average molecular weight is 238 g/mol. The normalized spacial score (nSPS) is 9.38. The van der Waals surface area contributed by atoms with Crippen LogP contribution in [-0.2, 0) is 0 Å². The minimum Gasteiger partial charge on any atom is -0.375 e. The van der Waals surface area contributed by atoms with Gasteiger partial charge in [-0.2, -0.15) is 5.26 Å². The van der Waals surface area contributed by atoms with Crippen LogP contribution in [0.4, 0.5) is 10.1 Å². The van der Waals surface area contributed by atoms with Crippen LogP contribution in [0.1, 0.15) is 5.56 Å². The molecule has 0 saturated heterocycles. The summed E-state index contributed by atoms with van der Waals surface area (Å²) < 4.78 is 13.3. The van der Waals surface area contributed by atoms with Crippen molar-refractivity contribution in [2.75, 3.05) is 19.1 Å². The van der Waals surface area contributed by atoms with Crippen LogP contribution in [0, 0.1) is 17.1 Å². The summed E-state index contributed by atoms with van der Waals surface area (Å²) in [6.07, 6.45) is 0. The van der Waals surface area contributed by atoms with E-state index in [1.807, 2.05) is 6.07 Å². The maximum atomic E-state index is 13.3. The van der Waals surface area contributed by atoms with Crippen molar-refractivity contribution in [3.05, 3.63) is 29.6 Å². The van der Waals surface area contributed by atoms with Gasteiger partial charge in [-0.1, -0.05) is 6.07 Å². The Labute approximate surface area is 98.6 Å². The third kappa shape index (κ3) is 2.20. The topological polar surface area (TPSA) is 56.3 Å². The van der Waals surface area contributed by atoms with Crippen molar-refractivity contribution in [1.82, 2.24) is 5.01 Å². The third-order valence-electron chi connectivity index (χ3n) is 2.22. The molecule has 0 spiro atoms. The number of anilines is 1. The Morgan fingerprint density at radius 2 is 2.12 bits per heavy atom. The Balaban J connectivity index is 3.19. The van der Waals surface area contributed by atoms with Crippen molar-refractivity contribution in [3.8, 4) is 6.07 Å². The summed E-state index contributed by atoms with van der Waals surface area (Å²) >= 11 is 4.79. The number of hydrazine groups is 1. The van der Waals surface area contributed by atoms with E-state index < -0.39 is 5.82 Å². The van der Waals surface area contributed by atoms with E-state index in [4.69, 9.17) is 23.2 Å². The highest BCUT2D eigenvalue weighted by Gasteiger charge is 2.15. The summed E-state index contributed by atoms with van der Waals surface area (Å²) in [5, 5.41) is 12.0. The molecule has 0 aliphatic heterocycles. The third-order valence-corrected chi connectivity index (χ3v) is 2.49. The van der Waals surface area contributed by atoms with Gasteiger partial charge < -0.3 is 5.73 Å². The highest BCUT2D eigenvalue weighted by Crippen LogP contribution is 2.22. The molecular formula is C10H11FN4S. The molecule has 16 heavy (non-hydrogen) atoms. The van der Waals surface area contributed by atoms with Crippen molar-refractivity contribution in [3.63, 3.8) is 0 Å². The Hall–Kier alpha value is -1.87. The zero-order valence-corrected chi connectivity index (χ0v) is 9.75. The van der Waals surface area contributed by atoms with E-state index in [0.29, 0.717) is 5.69 Å². The van der Waals surface area contributed by atoms with Gasteiger partial charge in [-0.3, -0.25) is 10.0 Å². The molecule has 0 aliphatic rings. The first-order chi connectivity index (χ1) is 7.49. The average Bonchev–Trinajstić information content (AvgIpc) is 2.26. The van der Waals surface area contributed by atoms with Crippen LogP contribution in [0.15, 0.2) is 18.2 Å². The van der Waals surface area contributed by atoms with E-state index in [1.165, 1.54) is 22.2 Å². The standard InChI is InChI=1S/C10H11FN4S/c1-14(15(2)10(13)16)9-5-3-4-8(11)7(9)6-12/h3-5H,1-2H3,(H2,13,16). The molecule has 0 bridgehead atoms. The predicted molar refractivity (Wildman–Crippen MR) is 64.1 cm³/mol. The van der Waals surface area contributed by atoms with E-state index >= 15 is 0 Å². The molecule has 0 fully saturated rings. The Kier molecular flexibility index (Phi) is 3.64. The van der Waals surface area contributed by atoms with Gasteiger partial charge in [-0.25, -0.2) is 4.39 Å². The number of benzene rings is 1. The van der Waals surface area contributed by atoms with Crippen LogP contribution in [0.3, 0.4) is 0 Å². The molecule has 0 amide bonds. The minimum atomic E-state index is -0.566. The van der Waals surface area contributed by atoms with Crippen LogP contribution >= 0.6 is 12.2 Å². The zero-order chi connectivity index (χ0) is 12.3. The van der Waals surface area contributed by atoms with Crippen molar-refractivity contribution in [2.45, 2.75) is 0 Å². The summed E-state index contributed by atoms with van der Waals surface area (Å²) in [4.78, 5) is 0. The van der Waals surface area contributed by atoms with Crippen LogP contribution in [-0.4, -0.2) is 24.2 Å². The number of rotatable bonds is 2. The molecule has 0 aromatic heterocycles. The zero-order valence-electron chi connectivity index (χ0n) is 8.94. The van der Waals surface area contributed by atoms with E-state index in [1.54, 1.807) is 20.2 Å². The van der Waals surface area contributed by atoms with Crippen molar-refractivity contribution in [2.24, 2.45) is 5.73 Å². The van der Waals surface area contributed by atoms with Gasteiger partial charge in [0, 0.05) is 14.1 Å². The Morgan fingerprint density at radius 1 is 1.50 bits per heavy atom. The van der Waals surface area contributed by atoms with Gasteiger partial charge in [0.25, 0.3) is 0 Å². The number of nitriles is 1. The minimum absolute atomic E-state index is 0.0342. The van der Waals surface area contributed by atoms with Gasteiger partial charge in [-0.15, -0.1) is 0 Å². The second kappa shape index (κ2) is 4.77. The second-order valence-electron chi connectivity index (χ2n) is 3.13. The fourth-order valence-electron chi connectivity index (χ4n) is 1.20. The molecule has 0 saturated carbocycles. The molecule has 84 valence electrons. The molecule has 0 heterocycles. The molecule has 1 aromatic carbocycles. The second-order valence-corrected chi connectivity index (χ2v) is 3.55. The number of halogens is 1. The Bertz CT molecular complexity index is 455. The molecule has 2 N–H and O–H groups in total. The fourth-order valence-corrected chi connectivity index (χ4v) is 1.33. The molecular weight excluding hydrogens is 227 g/mol. The van der Waals surface area contributed by atoms with Crippen molar-refractivity contribution >= 4 is 23.0 Å². The van der Waals surface area contributed by atoms with Gasteiger partial charge in [0.05, 0.1) is 5.69 Å². The lowest BCUT2D eigenvalue weighted by Crippen LogP contribution is -2.44. The fraction of sp³-hybridized carbons (Fsp3) is 0.200. The maximum Gasteiger partial charge on any atom is 0.185 e. The highest BCUT2D eigenvalue weighted by molar-refractivity contribution is 7.80. The molecule has 6 heteroatoms. The summed E-state index contributed by atoms with van der Waals surface area (Å²) in [7, 11) is 3.28. The molecule has 4 nitrogen and oxygen atoms in total.